The number of carbonyl (C=O) groups excluding carboxylic acids is 3. The zero-order valence-electron chi connectivity index (χ0n) is 18.5. The maximum atomic E-state index is 13.8. The number of rotatable bonds is 2. The smallest absolute Gasteiger partial charge is 0.240 e. The van der Waals surface area contributed by atoms with Crippen LogP contribution in [0.2, 0.25) is 5.02 Å². The second-order valence-corrected chi connectivity index (χ2v) is 10.3. The molecule has 4 atom stereocenters. The van der Waals surface area contributed by atoms with Crippen LogP contribution in [0.5, 0.6) is 0 Å². The molecule has 0 bridgehead atoms. The molecular weight excluding hydrogens is 424 g/mol. The van der Waals surface area contributed by atoms with Crippen molar-refractivity contribution in [2.45, 2.75) is 39.8 Å². The molecule has 0 aliphatic carbocycles. The lowest BCUT2D eigenvalue weighted by molar-refractivity contribution is -0.135. The third kappa shape index (κ3) is 2.87. The molecule has 0 spiro atoms. The Morgan fingerprint density at radius 3 is 2.41 bits per heavy atom. The molecule has 2 fully saturated rings. The first-order valence-electron chi connectivity index (χ1n) is 10.8. The van der Waals surface area contributed by atoms with Crippen molar-refractivity contribution in [3.63, 3.8) is 0 Å². The quantitative estimate of drug-likeness (QED) is 0.620. The van der Waals surface area contributed by atoms with E-state index < -0.39 is 23.3 Å². The van der Waals surface area contributed by atoms with Gasteiger partial charge >= 0.3 is 0 Å². The topological polar surface area (TPSA) is 57.7 Å². The van der Waals surface area contributed by atoms with Crippen LogP contribution in [0.3, 0.4) is 0 Å². The van der Waals surface area contributed by atoms with Crippen molar-refractivity contribution in [3.05, 3.63) is 70.4 Å². The van der Waals surface area contributed by atoms with Crippen molar-refractivity contribution in [1.82, 2.24) is 4.90 Å². The van der Waals surface area contributed by atoms with E-state index in [0.717, 1.165) is 16.7 Å². The Morgan fingerprint density at radius 1 is 1.00 bits per heavy atom. The van der Waals surface area contributed by atoms with Gasteiger partial charge in [-0.05, 0) is 41.8 Å². The predicted molar refractivity (Wildman–Crippen MR) is 124 cm³/mol. The highest BCUT2D eigenvalue weighted by atomic mass is 35.5. The van der Waals surface area contributed by atoms with Crippen molar-refractivity contribution in [3.8, 4) is 0 Å². The van der Waals surface area contributed by atoms with Crippen molar-refractivity contribution < 1.29 is 14.4 Å². The average Bonchev–Trinajstić information content (AvgIpc) is 3.21. The highest BCUT2D eigenvalue weighted by Gasteiger charge is 2.65. The van der Waals surface area contributed by atoms with E-state index in [9.17, 15) is 14.4 Å². The number of carbonyl (C=O) groups is 3. The van der Waals surface area contributed by atoms with Gasteiger partial charge in [-0.3, -0.25) is 14.4 Å². The van der Waals surface area contributed by atoms with Crippen LogP contribution in [0.15, 0.2) is 48.7 Å². The van der Waals surface area contributed by atoms with E-state index in [1.807, 2.05) is 69.1 Å². The van der Waals surface area contributed by atoms with E-state index in [1.165, 1.54) is 4.90 Å². The standard InChI is InChI=1S/C26H25ClN2O3/c1-14-9-10-16(27)13-18(14)29-24(31)19-20(25(29)32)22(23(30)26(2,3)4)28-12-11-15-7-5-6-8-17(15)21(19)28/h5-13,19-22H,1-4H3/t19-,20+,21+,22-/m0/s1. The van der Waals surface area contributed by atoms with Gasteiger partial charge in [-0.1, -0.05) is 62.7 Å². The number of amides is 2. The van der Waals surface area contributed by atoms with Gasteiger partial charge in [0.05, 0.1) is 23.6 Å². The van der Waals surface area contributed by atoms with Crippen LogP contribution in [0.4, 0.5) is 5.69 Å². The molecule has 3 aliphatic rings. The number of fused-ring (bicyclic) bond motifs is 5. The Labute approximate surface area is 192 Å². The molecular formula is C26H25ClN2O3. The third-order valence-electron chi connectivity index (χ3n) is 6.88. The minimum Gasteiger partial charge on any atom is -0.359 e. The summed E-state index contributed by atoms with van der Waals surface area (Å²) in [4.78, 5) is 44.5. The molecule has 0 N–H and O–H groups in total. The van der Waals surface area contributed by atoms with Gasteiger partial charge in [0.2, 0.25) is 11.8 Å². The number of nitrogens with zero attached hydrogens (tertiary/aromatic N) is 2. The largest absolute Gasteiger partial charge is 0.359 e. The Hall–Kier alpha value is -2.92. The van der Waals surface area contributed by atoms with Gasteiger partial charge in [0.25, 0.3) is 0 Å². The molecule has 6 heteroatoms. The van der Waals surface area contributed by atoms with Crippen LogP contribution < -0.4 is 4.90 Å². The average molecular weight is 449 g/mol. The zero-order valence-corrected chi connectivity index (χ0v) is 19.3. The number of aryl methyl sites for hydroxylation is 1. The molecule has 5 rings (SSSR count). The minimum atomic E-state index is -0.742. The summed E-state index contributed by atoms with van der Waals surface area (Å²) < 4.78 is 0. The van der Waals surface area contributed by atoms with Crippen molar-refractivity contribution >= 4 is 41.0 Å². The fourth-order valence-electron chi connectivity index (χ4n) is 5.36. The van der Waals surface area contributed by atoms with E-state index in [1.54, 1.807) is 18.2 Å². The van der Waals surface area contributed by atoms with Crippen molar-refractivity contribution in [2.24, 2.45) is 17.3 Å². The van der Waals surface area contributed by atoms with Crippen LogP contribution in [0, 0.1) is 24.2 Å². The SMILES string of the molecule is Cc1ccc(Cl)cc1N1C(=O)[C@@H]2[C@H](C1=O)[C@H]1c3ccccc3C=CN1[C@@H]2C(=O)C(C)(C)C. The fourth-order valence-corrected chi connectivity index (χ4v) is 5.53. The van der Waals surface area contributed by atoms with Gasteiger partial charge in [-0.25, -0.2) is 4.90 Å². The molecule has 2 aromatic rings. The van der Waals surface area contributed by atoms with Crippen LogP contribution in [0.25, 0.3) is 6.08 Å². The van der Waals surface area contributed by atoms with E-state index in [-0.39, 0.29) is 23.6 Å². The van der Waals surface area contributed by atoms with Crippen LogP contribution >= 0.6 is 11.6 Å². The number of halogens is 1. The van der Waals surface area contributed by atoms with Gasteiger partial charge in [-0.15, -0.1) is 0 Å². The van der Waals surface area contributed by atoms with Crippen LogP contribution in [0.1, 0.15) is 43.5 Å². The van der Waals surface area contributed by atoms with E-state index in [0.29, 0.717) is 10.7 Å². The summed E-state index contributed by atoms with van der Waals surface area (Å²) >= 11 is 6.21. The molecule has 3 aliphatic heterocycles. The van der Waals surface area contributed by atoms with E-state index in [2.05, 4.69) is 0 Å². The molecule has 0 aromatic heterocycles. The van der Waals surface area contributed by atoms with Gasteiger partial charge < -0.3 is 4.90 Å². The molecule has 0 radical (unpaired) electrons. The predicted octanol–water partition coefficient (Wildman–Crippen LogP) is 4.78. The van der Waals surface area contributed by atoms with Gasteiger partial charge in [0.15, 0.2) is 5.78 Å². The highest BCUT2D eigenvalue weighted by Crippen LogP contribution is 2.54. The summed E-state index contributed by atoms with van der Waals surface area (Å²) in [5.41, 5.74) is 2.61. The molecule has 32 heavy (non-hydrogen) atoms. The zero-order chi connectivity index (χ0) is 22.9. The van der Waals surface area contributed by atoms with E-state index in [4.69, 9.17) is 11.6 Å². The molecule has 3 heterocycles. The molecule has 5 nitrogen and oxygen atoms in total. The number of Topliss-reactive ketones (excluding diaryl/α,β-unsaturated/α-hetero) is 1. The summed E-state index contributed by atoms with van der Waals surface area (Å²) in [5, 5.41) is 0.457. The third-order valence-corrected chi connectivity index (χ3v) is 7.12. The highest BCUT2D eigenvalue weighted by molar-refractivity contribution is 6.31. The Balaban J connectivity index is 1.69. The first-order chi connectivity index (χ1) is 15.1. The monoisotopic (exact) mass is 448 g/mol. The lowest BCUT2D eigenvalue weighted by Crippen LogP contribution is -2.47. The Kier molecular flexibility index (Phi) is 4.61. The van der Waals surface area contributed by atoms with Crippen LogP contribution in [-0.4, -0.2) is 28.5 Å². The Bertz CT molecular complexity index is 1200. The number of ketones is 1. The lowest BCUT2D eigenvalue weighted by atomic mass is 9.79. The first kappa shape index (κ1) is 21.0. The van der Waals surface area contributed by atoms with Crippen molar-refractivity contribution in [2.75, 3.05) is 4.90 Å². The normalized spacial score (nSPS) is 26.3. The maximum absolute atomic E-state index is 13.8. The second-order valence-electron chi connectivity index (χ2n) is 9.89. The maximum Gasteiger partial charge on any atom is 0.240 e. The number of benzene rings is 2. The molecule has 2 saturated heterocycles. The van der Waals surface area contributed by atoms with Gasteiger partial charge in [0.1, 0.15) is 6.04 Å². The second kappa shape index (κ2) is 7.04. The van der Waals surface area contributed by atoms with Crippen molar-refractivity contribution in [1.29, 1.82) is 0 Å². The summed E-state index contributed by atoms with van der Waals surface area (Å²) in [7, 11) is 0. The summed E-state index contributed by atoms with van der Waals surface area (Å²) in [6, 6.07) is 12.0. The molecule has 164 valence electrons. The molecule has 2 amide bonds. The summed E-state index contributed by atoms with van der Waals surface area (Å²) in [5.74, 6) is -2.01. The number of anilines is 1. The number of hydrogen-bond donors (Lipinski definition) is 0. The Morgan fingerprint density at radius 2 is 1.69 bits per heavy atom. The number of hydrogen-bond acceptors (Lipinski definition) is 4. The van der Waals surface area contributed by atoms with Gasteiger partial charge in [-0.2, -0.15) is 0 Å². The molecule has 0 saturated carbocycles. The number of imide groups is 1. The molecule has 2 aromatic carbocycles. The van der Waals surface area contributed by atoms with E-state index >= 15 is 0 Å². The fraction of sp³-hybridized carbons (Fsp3) is 0.346. The minimum absolute atomic E-state index is 0.0372. The lowest BCUT2D eigenvalue weighted by Gasteiger charge is -2.37. The summed E-state index contributed by atoms with van der Waals surface area (Å²) in [6.45, 7) is 7.43. The molecule has 0 unspecified atom stereocenters. The van der Waals surface area contributed by atoms with Gasteiger partial charge in [0, 0.05) is 16.6 Å². The summed E-state index contributed by atoms with van der Waals surface area (Å²) in [6.07, 6.45) is 3.85. The first-order valence-corrected chi connectivity index (χ1v) is 11.2. The van der Waals surface area contributed by atoms with Crippen LogP contribution in [-0.2, 0) is 14.4 Å².